The summed E-state index contributed by atoms with van der Waals surface area (Å²) in [5.74, 6) is 0.991. The van der Waals surface area contributed by atoms with Crippen LogP contribution in [0.2, 0.25) is 0 Å². The highest BCUT2D eigenvalue weighted by atomic mass is 16.5. The van der Waals surface area contributed by atoms with Crippen molar-refractivity contribution in [3.63, 3.8) is 0 Å². The maximum absolute atomic E-state index is 5.81. The van der Waals surface area contributed by atoms with Crippen molar-refractivity contribution in [3.8, 4) is 5.75 Å². The summed E-state index contributed by atoms with van der Waals surface area (Å²) in [6.07, 6.45) is 5.91. The number of nitrogens with zero attached hydrogens (tertiary/aromatic N) is 1. The molecule has 1 unspecified atom stereocenters. The van der Waals surface area contributed by atoms with Gasteiger partial charge in [0.25, 0.3) is 0 Å². The van der Waals surface area contributed by atoms with E-state index in [0.29, 0.717) is 6.10 Å². The largest absolute Gasteiger partial charge is 0.493 e. The average Bonchev–Trinajstić information content (AvgIpc) is 3.07. The number of benzene rings is 1. The number of fused-ring (bicyclic) bond motifs is 1. The Balaban J connectivity index is 1.85. The van der Waals surface area contributed by atoms with Crippen molar-refractivity contribution in [2.75, 3.05) is 13.2 Å². The van der Waals surface area contributed by atoms with E-state index in [1.54, 1.807) is 0 Å². The molecule has 2 aromatic rings. The van der Waals surface area contributed by atoms with Crippen LogP contribution in [-0.4, -0.2) is 23.9 Å². The van der Waals surface area contributed by atoms with E-state index < -0.39 is 0 Å². The van der Waals surface area contributed by atoms with Crippen LogP contribution < -0.4 is 4.74 Å². The van der Waals surface area contributed by atoms with Gasteiger partial charge in [-0.25, -0.2) is 0 Å². The molecular formula is C16H21NO2. The third-order valence-electron chi connectivity index (χ3n) is 3.66. The topological polar surface area (TPSA) is 23.4 Å². The average molecular weight is 259 g/mol. The Morgan fingerprint density at radius 3 is 3.11 bits per heavy atom. The Bertz CT molecular complexity index is 541. The van der Waals surface area contributed by atoms with Gasteiger partial charge < -0.3 is 14.0 Å². The molecule has 19 heavy (non-hydrogen) atoms. The molecule has 0 amide bonds. The first-order chi connectivity index (χ1) is 9.38. The molecule has 0 saturated carbocycles. The quantitative estimate of drug-likeness (QED) is 0.819. The Morgan fingerprint density at radius 2 is 2.32 bits per heavy atom. The van der Waals surface area contributed by atoms with Gasteiger partial charge in [-0.2, -0.15) is 0 Å². The molecule has 0 N–H and O–H groups in total. The summed E-state index contributed by atoms with van der Waals surface area (Å²) in [5, 5.41) is 1.20. The second-order valence-corrected chi connectivity index (χ2v) is 5.14. The van der Waals surface area contributed by atoms with Gasteiger partial charge in [0.2, 0.25) is 0 Å². The summed E-state index contributed by atoms with van der Waals surface area (Å²) in [6, 6.07) is 8.42. The van der Waals surface area contributed by atoms with Gasteiger partial charge in [0.1, 0.15) is 5.75 Å². The molecular weight excluding hydrogens is 238 g/mol. The van der Waals surface area contributed by atoms with E-state index in [9.17, 15) is 0 Å². The first-order valence-corrected chi connectivity index (χ1v) is 7.20. The van der Waals surface area contributed by atoms with E-state index in [-0.39, 0.29) is 0 Å². The second kappa shape index (κ2) is 5.66. The number of hydrogen-bond acceptors (Lipinski definition) is 2. The minimum atomic E-state index is 0.371. The van der Waals surface area contributed by atoms with Crippen molar-refractivity contribution < 1.29 is 9.47 Å². The molecule has 1 aliphatic heterocycles. The SMILES string of the molecule is CCCOc1cccc2c1ccn2CC1CCCO1. The molecule has 1 aromatic heterocycles. The fraction of sp³-hybridized carbons (Fsp3) is 0.500. The molecule has 2 heterocycles. The summed E-state index contributed by atoms with van der Waals surface area (Å²) in [5.41, 5.74) is 1.24. The van der Waals surface area contributed by atoms with Crippen LogP contribution in [0.15, 0.2) is 30.5 Å². The molecule has 3 rings (SSSR count). The number of ether oxygens (including phenoxy) is 2. The summed E-state index contributed by atoms with van der Waals surface area (Å²) in [4.78, 5) is 0. The Hall–Kier alpha value is -1.48. The summed E-state index contributed by atoms with van der Waals surface area (Å²) < 4.78 is 13.8. The third kappa shape index (κ3) is 2.61. The van der Waals surface area contributed by atoms with E-state index in [1.807, 2.05) is 0 Å². The normalized spacial score (nSPS) is 19.1. The van der Waals surface area contributed by atoms with E-state index in [4.69, 9.17) is 9.47 Å². The first kappa shape index (κ1) is 12.5. The molecule has 1 atom stereocenters. The number of rotatable bonds is 5. The maximum Gasteiger partial charge on any atom is 0.128 e. The maximum atomic E-state index is 5.81. The van der Waals surface area contributed by atoms with Crippen LogP contribution in [0.1, 0.15) is 26.2 Å². The van der Waals surface area contributed by atoms with Crippen molar-refractivity contribution in [1.29, 1.82) is 0 Å². The molecule has 0 aliphatic carbocycles. The van der Waals surface area contributed by atoms with Crippen molar-refractivity contribution in [2.24, 2.45) is 0 Å². The molecule has 3 heteroatoms. The van der Waals surface area contributed by atoms with Gasteiger partial charge in [0.05, 0.1) is 18.2 Å². The fourth-order valence-electron chi connectivity index (χ4n) is 2.70. The van der Waals surface area contributed by atoms with Gasteiger partial charge in [0, 0.05) is 24.7 Å². The van der Waals surface area contributed by atoms with Gasteiger partial charge in [0.15, 0.2) is 0 Å². The first-order valence-electron chi connectivity index (χ1n) is 7.20. The zero-order valence-corrected chi connectivity index (χ0v) is 11.5. The predicted molar refractivity (Wildman–Crippen MR) is 76.7 cm³/mol. The van der Waals surface area contributed by atoms with Crippen LogP contribution in [0, 0.1) is 0 Å². The molecule has 0 bridgehead atoms. The van der Waals surface area contributed by atoms with Gasteiger partial charge in [-0.1, -0.05) is 13.0 Å². The molecule has 102 valence electrons. The lowest BCUT2D eigenvalue weighted by molar-refractivity contribution is 0.0980. The lowest BCUT2D eigenvalue weighted by Gasteiger charge is -2.12. The number of aromatic nitrogens is 1. The Labute approximate surface area is 114 Å². The summed E-state index contributed by atoms with van der Waals surface area (Å²) >= 11 is 0. The highest BCUT2D eigenvalue weighted by molar-refractivity contribution is 5.86. The number of hydrogen-bond donors (Lipinski definition) is 0. The molecule has 1 aliphatic rings. The predicted octanol–water partition coefficient (Wildman–Crippen LogP) is 3.61. The molecule has 1 fully saturated rings. The highest BCUT2D eigenvalue weighted by Crippen LogP contribution is 2.27. The van der Waals surface area contributed by atoms with E-state index in [2.05, 4.69) is 42.0 Å². The molecule has 0 radical (unpaired) electrons. The van der Waals surface area contributed by atoms with Crippen LogP contribution >= 0.6 is 0 Å². The lowest BCUT2D eigenvalue weighted by atomic mass is 10.2. The molecule has 1 saturated heterocycles. The van der Waals surface area contributed by atoms with Gasteiger partial charge in [-0.05, 0) is 37.5 Å². The molecule has 3 nitrogen and oxygen atoms in total. The zero-order valence-electron chi connectivity index (χ0n) is 11.5. The fourth-order valence-corrected chi connectivity index (χ4v) is 2.70. The second-order valence-electron chi connectivity index (χ2n) is 5.14. The third-order valence-corrected chi connectivity index (χ3v) is 3.66. The Morgan fingerprint density at radius 1 is 1.37 bits per heavy atom. The van der Waals surface area contributed by atoms with Gasteiger partial charge in [-0.15, -0.1) is 0 Å². The highest BCUT2D eigenvalue weighted by Gasteiger charge is 2.17. The summed E-state index contributed by atoms with van der Waals surface area (Å²) in [6.45, 7) is 4.76. The monoisotopic (exact) mass is 259 g/mol. The van der Waals surface area contributed by atoms with Crippen LogP contribution in [-0.2, 0) is 11.3 Å². The smallest absolute Gasteiger partial charge is 0.128 e. The molecule has 1 aromatic carbocycles. The van der Waals surface area contributed by atoms with Gasteiger partial charge >= 0.3 is 0 Å². The van der Waals surface area contributed by atoms with Crippen LogP contribution in [0.3, 0.4) is 0 Å². The minimum Gasteiger partial charge on any atom is -0.493 e. The van der Waals surface area contributed by atoms with Crippen molar-refractivity contribution in [2.45, 2.75) is 38.8 Å². The lowest BCUT2D eigenvalue weighted by Crippen LogP contribution is -2.13. The Kier molecular flexibility index (Phi) is 3.74. The molecule has 0 spiro atoms. The van der Waals surface area contributed by atoms with E-state index in [1.165, 1.54) is 23.7 Å². The van der Waals surface area contributed by atoms with Crippen LogP contribution in [0.5, 0.6) is 5.75 Å². The van der Waals surface area contributed by atoms with Crippen molar-refractivity contribution in [1.82, 2.24) is 4.57 Å². The summed E-state index contributed by atoms with van der Waals surface area (Å²) in [7, 11) is 0. The van der Waals surface area contributed by atoms with E-state index >= 15 is 0 Å². The standard InChI is InChI=1S/C16H21NO2/c1-2-10-19-16-7-3-6-15-14(16)8-9-17(15)12-13-5-4-11-18-13/h3,6-9,13H,2,4-5,10-12H2,1H3. The van der Waals surface area contributed by atoms with E-state index in [0.717, 1.165) is 31.9 Å². The van der Waals surface area contributed by atoms with Gasteiger partial charge in [-0.3, -0.25) is 0 Å². The van der Waals surface area contributed by atoms with Crippen LogP contribution in [0.4, 0.5) is 0 Å². The van der Waals surface area contributed by atoms with Crippen LogP contribution in [0.25, 0.3) is 10.9 Å². The van der Waals surface area contributed by atoms with Crippen molar-refractivity contribution >= 4 is 10.9 Å². The zero-order chi connectivity index (χ0) is 13.1. The minimum absolute atomic E-state index is 0.371. The van der Waals surface area contributed by atoms with Crippen molar-refractivity contribution in [3.05, 3.63) is 30.5 Å².